The largest absolute Gasteiger partial charge is 0.378 e. The first-order chi connectivity index (χ1) is 7.29. The average molecular weight is 251 g/mol. The summed E-state index contributed by atoms with van der Waals surface area (Å²) >= 11 is 0. The number of ether oxygens (including phenoxy) is 1. The van der Waals surface area contributed by atoms with E-state index in [4.69, 9.17) is 4.74 Å². The highest BCUT2D eigenvalue weighted by Gasteiger charge is 2.25. The Hall–Kier alpha value is -0.320. The maximum atomic E-state index is 12.1. The topological polar surface area (TPSA) is 41.6 Å². The fourth-order valence-electron chi connectivity index (χ4n) is 1.82. The highest BCUT2D eigenvalue weighted by atomic mass is 35.5. The monoisotopic (exact) mass is 250 g/mol. The van der Waals surface area contributed by atoms with Crippen LogP contribution in [0.5, 0.6) is 0 Å². The predicted molar refractivity (Wildman–Crippen MR) is 67.0 cm³/mol. The molecule has 0 bridgehead atoms. The summed E-state index contributed by atoms with van der Waals surface area (Å²) in [5.41, 5.74) is 0. The minimum Gasteiger partial charge on any atom is -0.378 e. The fourth-order valence-corrected chi connectivity index (χ4v) is 1.82. The minimum absolute atomic E-state index is 0. The Morgan fingerprint density at radius 3 is 2.44 bits per heavy atom. The second-order valence-electron chi connectivity index (χ2n) is 3.91. The summed E-state index contributed by atoms with van der Waals surface area (Å²) in [6.45, 7) is 7.91. The van der Waals surface area contributed by atoms with Crippen molar-refractivity contribution in [3.8, 4) is 0 Å². The van der Waals surface area contributed by atoms with Crippen molar-refractivity contribution in [1.82, 2.24) is 10.2 Å². The van der Waals surface area contributed by atoms with Crippen molar-refractivity contribution in [1.29, 1.82) is 0 Å². The second kappa shape index (κ2) is 8.79. The molecule has 5 heteroatoms. The van der Waals surface area contributed by atoms with Crippen LogP contribution >= 0.6 is 12.4 Å². The van der Waals surface area contributed by atoms with E-state index in [0.29, 0.717) is 13.2 Å². The molecule has 0 saturated carbocycles. The number of hydrogen-bond acceptors (Lipinski definition) is 3. The van der Waals surface area contributed by atoms with E-state index in [2.05, 4.69) is 19.2 Å². The highest BCUT2D eigenvalue weighted by molar-refractivity contribution is 5.85. The summed E-state index contributed by atoms with van der Waals surface area (Å²) in [6, 6.07) is -0.128. The molecule has 0 aromatic carbocycles. The van der Waals surface area contributed by atoms with E-state index in [1.165, 1.54) is 0 Å². The SMILES string of the molecule is CCCN(CCC)C(=O)C1COCCN1.Cl. The summed E-state index contributed by atoms with van der Waals surface area (Å²) in [4.78, 5) is 14.0. The lowest BCUT2D eigenvalue weighted by Gasteiger charge is -2.29. The Balaban J connectivity index is 0.00000225. The molecular formula is C11H23ClN2O2. The molecule has 1 amide bonds. The first-order valence-corrected chi connectivity index (χ1v) is 5.89. The van der Waals surface area contributed by atoms with Gasteiger partial charge >= 0.3 is 0 Å². The van der Waals surface area contributed by atoms with Gasteiger partial charge in [-0.05, 0) is 12.8 Å². The maximum Gasteiger partial charge on any atom is 0.242 e. The number of morpholine rings is 1. The van der Waals surface area contributed by atoms with Crippen LogP contribution in [0.15, 0.2) is 0 Å². The number of nitrogens with zero attached hydrogens (tertiary/aromatic N) is 1. The van der Waals surface area contributed by atoms with E-state index >= 15 is 0 Å². The molecule has 0 spiro atoms. The highest BCUT2D eigenvalue weighted by Crippen LogP contribution is 2.02. The van der Waals surface area contributed by atoms with Gasteiger partial charge in [0.2, 0.25) is 5.91 Å². The first-order valence-electron chi connectivity index (χ1n) is 5.89. The third-order valence-electron chi connectivity index (χ3n) is 2.52. The average Bonchev–Trinajstić information content (AvgIpc) is 2.29. The third-order valence-corrected chi connectivity index (χ3v) is 2.52. The summed E-state index contributed by atoms with van der Waals surface area (Å²) < 4.78 is 5.30. The van der Waals surface area contributed by atoms with Gasteiger partial charge in [0.25, 0.3) is 0 Å². The lowest BCUT2D eigenvalue weighted by atomic mass is 10.2. The minimum atomic E-state index is -0.128. The van der Waals surface area contributed by atoms with Gasteiger partial charge in [-0.2, -0.15) is 0 Å². The molecule has 96 valence electrons. The molecule has 1 saturated heterocycles. The van der Waals surface area contributed by atoms with Gasteiger partial charge in [0.1, 0.15) is 6.04 Å². The number of amides is 1. The van der Waals surface area contributed by atoms with E-state index in [1.54, 1.807) is 0 Å². The van der Waals surface area contributed by atoms with Gasteiger partial charge in [-0.1, -0.05) is 13.8 Å². The number of carbonyl (C=O) groups is 1. The molecule has 1 aliphatic rings. The van der Waals surface area contributed by atoms with Crippen molar-refractivity contribution < 1.29 is 9.53 Å². The zero-order chi connectivity index (χ0) is 11.1. The van der Waals surface area contributed by atoms with Crippen LogP contribution in [0.3, 0.4) is 0 Å². The van der Waals surface area contributed by atoms with Gasteiger partial charge in [0.15, 0.2) is 0 Å². The lowest BCUT2D eigenvalue weighted by molar-refractivity contribution is -0.136. The van der Waals surface area contributed by atoms with Crippen molar-refractivity contribution in [2.75, 3.05) is 32.8 Å². The van der Waals surface area contributed by atoms with E-state index in [1.807, 2.05) is 4.90 Å². The van der Waals surface area contributed by atoms with Crippen LogP contribution in [-0.4, -0.2) is 49.7 Å². The summed E-state index contributed by atoms with van der Waals surface area (Å²) in [7, 11) is 0. The summed E-state index contributed by atoms with van der Waals surface area (Å²) in [5.74, 6) is 0.193. The smallest absolute Gasteiger partial charge is 0.242 e. The van der Waals surface area contributed by atoms with Crippen molar-refractivity contribution in [3.63, 3.8) is 0 Å². The first kappa shape index (κ1) is 15.7. The zero-order valence-corrected chi connectivity index (χ0v) is 11.0. The Labute approximate surface area is 104 Å². The lowest BCUT2D eigenvalue weighted by Crippen LogP contribution is -2.52. The van der Waals surface area contributed by atoms with Crippen LogP contribution < -0.4 is 5.32 Å². The number of hydrogen-bond donors (Lipinski definition) is 1. The van der Waals surface area contributed by atoms with Gasteiger partial charge in [-0.3, -0.25) is 4.79 Å². The molecule has 0 aromatic heterocycles. The molecule has 1 fully saturated rings. The van der Waals surface area contributed by atoms with Gasteiger partial charge < -0.3 is 15.0 Å². The zero-order valence-electron chi connectivity index (χ0n) is 10.2. The summed E-state index contributed by atoms with van der Waals surface area (Å²) in [6.07, 6.45) is 2.03. The molecule has 4 nitrogen and oxygen atoms in total. The molecule has 1 atom stereocenters. The number of carbonyl (C=O) groups excluding carboxylic acids is 1. The number of nitrogens with one attached hydrogen (secondary N) is 1. The van der Waals surface area contributed by atoms with E-state index < -0.39 is 0 Å². The standard InChI is InChI=1S/C11H22N2O2.ClH/c1-3-6-13(7-4-2)11(14)10-9-15-8-5-12-10;/h10,12H,3-9H2,1-2H3;1H. The molecule has 1 heterocycles. The van der Waals surface area contributed by atoms with Gasteiger partial charge in [0, 0.05) is 19.6 Å². The molecule has 16 heavy (non-hydrogen) atoms. The molecule has 1 aliphatic heterocycles. The predicted octanol–water partition coefficient (Wildman–Crippen LogP) is 1.05. The normalized spacial score (nSPS) is 20.0. The quantitative estimate of drug-likeness (QED) is 0.793. The number of halogens is 1. The molecular weight excluding hydrogens is 228 g/mol. The van der Waals surface area contributed by atoms with Crippen LogP contribution in [0.4, 0.5) is 0 Å². The van der Waals surface area contributed by atoms with Gasteiger partial charge in [-0.25, -0.2) is 0 Å². The van der Waals surface area contributed by atoms with Gasteiger partial charge in [-0.15, -0.1) is 12.4 Å². The van der Waals surface area contributed by atoms with E-state index in [9.17, 15) is 4.79 Å². The van der Waals surface area contributed by atoms with Crippen LogP contribution in [0.2, 0.25) is 0 Å². The molecule has 1 unspecified atom stereocenters. The Morgan fingerprint density at radius 1 is 1.38 bits per heavy atom. The van der Waals surface area contributed by atoms with Gasteiger partial charge in [0.05, 0.1) is 13.2 Å². The molecule has 0 aliphatic carbocycles. The van der Waals surface area contributed by atoms with Crippen molar-refractivity contribution in [2.24, 2.45) is 0 Å². The van der Waals surface area contributed by atoms with E-state index in [0.717, 1.165) is 32.5 Å². The van der Waals surface area contributed by atoms with Crippen molar-refractivity contribution in [3.05, 3.63) is 0 Å². The number of rotatable bonds is 5. The molecule has 0 radical (unpaired) electrons. The molecule has 0 aromatic rings. The summed E-state index contributed by atoms with van der Waals surface area (Å²) in [5, 5.41) is 3.20. The molecule has 1 rings (SSSR count). The fraction of sp³-hybridized carbons (Fsp3) is 0.909. The van der Waals surface area contributed by atoms with Crippen molar-refractivity contribution >= 4 is 18.3 Å². The van der Waals surface area contributed by atoms with Crippen LogP contribution in [-0.2, 0) is 9.53 Å². The second-order valence-corrected chi connectivity index (χ2v) is 3.91. The van der Waals surface area contributed by atoms with Crippen LogP contribution in [0, 0.1) is 0 Å². The van der Waals surface area contributed by atoms with Crippen LogP contribution in [0.1, 0.15) is 26.7 Å². The van der Waals surface area contributed by atoms with Crippen molar-refractivity contribution in [2.45, 2.75) is 32.7 Å². The Bertz CT molecular complexity index is 190. The maximum absolute atomic E-state index is 12.1. The molecule has 1 N–H and O–H groups in total. The van der Waals surface area contributed by atoms with Crippen LogP contribution in [0.25, 0.3) is 0 Å². The third kappa shape index (κ3) is 4.68. The Kier molecular flexibility index (Phi) is 8.61. The Morgan fingerprint density at radius 2 is 2.00 bits per heavy atom. The van der Waals surface area contributed by atoms with E-state index in [-0.39, 0.29) is 24.4 Å².